The SMILES string of the molecule is Cc1[nH]c2ccccc2c1[C@H](c1ccc(Cl)cc1)N1CCN([C@@H](c2ccc(Cl)cc2)c2c(C)[nH]c3ccccc23)CC1. The molecule has 6 heteroatoms. The summed E-state index contributed by atoms with van der Waals surface area (Å²) in [6.45, 7) is 8.17. The largest absolute Gasteiger partial charge is 0.358 e. The zero-order valence-corrected chi connectivity index (χ0v) is 25.4. The number of aromatic amines is 2. The fourth-order valence-corrected chi connectivity index (χ4v) is 7.22. The first kappa shape index (κ1) is 27.3. The van der Waals surface area contributed by atoms with Crippen molar-refractivity contribution in [3.8, 4) is 0 Å². The highest BCUT2D eigenvalue weighted by atomic mass is 35.5. The van der Waals surface area contributed by atoms with E-state index in [-0.39, 0.29) is 12.1 Å². The van der Waals surface area contributed by atoms with Crippen molar-refractivity contribution in [3.05, 3.63) is 141 Å². The van der Waals surface area contributed by atoms with Crippen LogP contribution in [0.15, 0.2) is 97.1 Å². The highest BCUT2D eigenvalue weighted by molar-refractivity contribution is 6.30. The topological polar surface area (TPSA) is 38.1 Å². The molecular weight excluding hydrogens is 559 g/mol. The van der Waals surface area contributed by atoms with E-state index in [1.807, 2.05) is 24.3 Å². The minimum Gasteiger partial charge on any atom is -0.358 e. The number of nitrogens with zero attached hydrogens (tertiary/aromatic N) is 2. The lowest BCUT2D eigenvalue weighted by molar-refractivity contribution is 0.0902. The Bertz CT molecular complexity index is 1710. The predicted octanol–water partition coefficient (Wildman–Crippen LogP) is 9.07. The Balaban J connectivity index is 1.26. The van der Waals surface area contributed by atoms with E-state index in [9.17, 15) is 0 Å². The molecule has 0 spiro atoms. The van der Waals surface area contributed by atoms with Crippen LogP contribution < -0.4 is 0 Å². The standard InChI is InChI=1S/C36H34Cl2N4/c1-23-33(29-7-3-5-9-31(29)39-23)35(25-11-15-27(37)16-12-25)41-19-21-42(22-20-41)36(26-13-17-28(38)18-14-26)34-24(2)40-32-10-6-4-8-30(32)34/h3-18,35-36,39-40H,19-22H2,1-2H3/t35-,36-/m0/s1. The van der Waals surface area contributed by atoms with Gasteiger partial charge in [-0.1, -0.05) is 83.9 Å². The molecule has 0 bridgehead atoms. The quantitative estimate of drug-likeness (QED) is 0.202. The Hall–Kier alpha value is -3.54. The summed E-state index contributed by atoms with van der Waals surface area (Å²) >= 11 is 12.7. The first-order chi connectivity index (χ1) is 20.5. The van der Waals surface area contributed by atoms with Crippen LogP contribution in [0.2, 0.25) is 10.0 Å². The number of rotatable bonds is 6. The van der Waals surface area contributed by atoms with Crippen LogP contribution in [0.5, 0.6) is 0 Å². The molecule has 0 unspecified atom stereocenters. The summed E-state index contributed by atoms with van der Waals surface area (Å²) < 4.78 is 0. The van der Waals surface area contributed by atoms with Crippen LogP contribution in [0.1, 0.15) is 45.7 Å². The van der Waals surface area contributed by atoms with Crippen LogP contribution in [-0.2, 0) is 0 Å². The summed E-state index contributed by atoms with van der Waals surface area (Å²) in [7, 11) is 0. The van der Waals surface area contributed by atoms with Crippen molar-refractivity contribution in [1.29, 1.82) is 0 Å². The second-order valence-electron chi connectivity index (χ2n) is 11.4. The maximum atomic E-state index is 6.34. The van der Waals surface area contributed by atoms with Gasteiger partial charge in [-0.2, -0.15) is 0 Å². The van der Waals surface area contributed by atoms with E-state index in [4.69, 9.17) is 23.2 Å². The number of halogens is 2. The lowest BCUT2D eigenvalue weighted by Gasteiger charge is -2.43. The van der Waals surface area contributed by atoms with Crippen molar-refractivity contribution < 1.29 is 0 Å². The molecule has 0 saturated carbocycles. The van der Waals surface area contributed by atoms with E-state index in [0.29, 0.717) is 0 Å². The highest BCUT2D eigenvalue weighted by Crippen LogP contribution is 2.40. The van der Waals surface area contributed by atoms with Crippen LogP contribution in [0.3, 0.4) is 0 Å². The van der Waals surface area contributed by atoms with E-state index in [0.717, 1.165) is 36.2 Å². The molecule has 2 aromatic heterocycles. The maximum absolute atomic E-state index is 6.34. The zero-order valence-electron chi connectivity index (χ0n) is 23.9. The van der Waals surface area contributed by atoms with E-state index < -0.39 is 0 Å². The van der Waals surface area contributed by atoms with Gasteiger partial charge >= 0.3 is 0 Å². The van der Waals surface area contributed by atoms with Crippen LogP contribution in [0.25, 0.3) is 21.8 Å². The Morgan fingerprint density at radius 1 is 0.524 bits per heavy atom. The molecule has 2 atom stereocenters. The molecule has 0 radical (unpaired) electrons. The van der Waals surface area contributed by atoms with E-state index in [2.05, 4.69) is 106 Å². The molecule has 0 aliphatic carbocycles. The first-order valence-corrected chi connectivity index (χ1v) is 15.4. The van der Waals surface area contributed by atoms with Gasteiger partial charge in [0.25, 0.3) is 0 Å². The number of benzene rings is 4. The van der Waals surface area contributed by atoms with Gasteiger partial charge in [-0.3, -0.25) is 9.80 Å². The van der Waals surface area contributed by atoms with Gasteiger partial charge in [-0.05, 0) is 61.4 Å². The summed E-state index contributed by atoms with van der Waals surface area (Å²) in [4.78, 5) is 12.6. The van der Waals surface area contributed by atoms with Crippen molar-refractivity contribution in [1.82, 2.24) is 19.8 Å². The molecule has 1 fully saturated rings. The molecule has 6 aromatic rings. The Labute approximate surface area is 256 Å². The van der Waals surface area contributed by atoms with Crippen molar-refractivity contribution in [2.75, 3.05) is 26.2 Å². The summed E-state index contributed by atoms with van der Waals surface area (Å²) in [6.07, 6.45) is 0. The smallest absolute Gasteiger partial charge is 0.0626 e. The highest BCUT2D eigenvalue weighted by Gasteiger charge is 2.34. The summed E-state index contributed by atoms with van der Waals surface area (Å²) in [6, 6.07) is 34.4. The number of nitrogens with one attached hydrogen (secondary N) is 2. The summed E-state index contributed by atoms with van der Waals surface area (Å²) in [5, 5.41) is 4.09. The lowest BCUT2D eigenvalue weighted by Crippen LogP contribution is -2.49. The molecule has 42 heavy (non-hydrogen) atoms. The summed E-state index contributed by atoms with van der Waals surface area (Å²) in [5.74, 6) is 0. The van der Waals surface area contributed by atoms with Crippen LogP contribution in [0, 0.1) is 13.8 Å². The van der Waals surface area contributed by atoms with Gasteiger partial charge in [0.2, 0.25) is 0 Å². The van der Waals surface area contributed by atoms with Gasteiger partial charge in [0.15, 0.2) is 0 Å². The minimum atomic E-state index is 0.129. The molecule has 4 aromatic carbocycles. The van der Waals surface area contributed by atoms with Gasteiger partial charge in [0, 0.05) is 80.5 Å². The number of aromatic nitrogens is 2. The fourth-order valence-electron chi connectivity index (χ4n) is 6.97. The van der Waals surface area contributed by atoms with Crippen molar-refractivity contribution >= 4 is 45.0 Å². The third-order valence-electron chi connectivity index (χ3n) is 8.88. The second kappa shape index (κ2) is 11.3. The fraction of sp³-hybridized carbons (Fsp3) is 0.222. The van der Waals surface area contributed by atoms with Crippen LogP contribution in [0.4, 0.5) is 0 Å². The molecule has 1 aliphatic rings. The predicted molar refractivity (Wildman–Crippen MR) is 176 cm³/mol. The van der Waals surface area contributed by atoms with Gasteiger partial charge in [0.05, 0.1) is 12.1 Å². The minimum absolute atomic E-state index is 0.129. The Morgan fingerprint density at radius 2 is 0.881 bits per heavy atom. The number of para-hydroxylation sites is 2. The first-order valence-electron chi connectivity index (χ1n) is 14.6. The Morgan fingerprint density at radius 3 is 1.26 bits per heavy atom. The van der Waals surface area contributed by atoms with Crippen molar-refractivity contribution in [2.45, 2.75) is 25.9 Å². The molecule has 7 rings (SSSR count). The number of hydrogen-bond acceptors (Lipinski definition) is 2. The normalized spacial score (nSPS) is 16.3. The number of H-pyrrole nitrogens is 2. The monoisotopic (exact) mass is 592 g/mol. The maximum Gasteiger partial charge on any atom is 0.0626 e. The van der Waals surface area contributed by atoms with Crippen LogP contribution in [-0.4, -0.2) is 45.9 Å². The van der Waals surface area contributed by atoms with Gasteiger partial charge in [-0.15, -0.1) is 0 Å². The van der Waals surface area contributed by atoms with Gasteiger partial charge < -0.3 is 9.97 Å². The molecule has 1 saturated heterocycles. The number of aryl methyl sites for hydroxylation is 2. The molecule has 4 nitrogen and oxygen atoms in total. The third kappa shape index (κ3) is 4.93. The van der Waals surface area contributed by atoms with Gasteiger partial charge in [0.1, 0.15) is 0 Å². The van der Waals surface area contributed by atoms with Crippen molar-refractivity contribution in [2.24, 2.45) is 0 Å². The average Bonchev–Trinajstić information content (AvgIpc) is 3.51. The summed E-state index contributed by atoms with van der Waals surface area (Å²) in [5.41, 5.74) is 10.0. The number of hydrogen-bond donors (Lipinski definition) is 2. The lowest BCUT2D eigenvalue weighted by atomic mass is 9.92. The van der Waals surface area contributed by atoms with E-state index >= 15 is 0 Å². The molecule has 212 valence electrons. The zero-order chi connectivity index (χ0) is 28.8. The number of fused-ring (bicyclic) bond motifs is 2. The number of piperazine rings is 1. The molecule has 0 amide bonds. The molecule has 1 aliphatic heterocycles. The third-order valence-corrected chi connectivity index (χ3v) is 9.39. The van der Waals surface area contributed by atoms with E-state index in [1.165, 1.54) is 55.4 Å². The van der Waals surface area contributed by atoms with E-state index in [1.54, 1.807) is 0 Å². The average molecular weight is 594 g/mol. The molecular formula is C36H34Cl2N4. The molecule has 2 N–H and O–H groups in total. The van der Waals surface area contributed by atoms with Crippen LogP contribution >= 0.6 is 23.2 Å². The Kier molecular flexibility index (Phi) is 7.33. The van der Waals surface area contributed by atoms with Crippen molar-refractivity contribution in [3.63, 3.8) is 0 Å². The molecule has 3 heterocycles. The second-order valence-corrected chi connectivity index (χ2v) is 12.3. The van der Waals surface area contributed by atoms with Gasteiger partial charge in [-0.25, -0.2) is 0 Å².